The van der Waals surface area contributed by atoms with E-state index in [0.29, 0.717) is 36.6 Å². The molecule has 1 aromatic rings. The van der Waals surface area contributed by atoms with Gasteiger partial charge >= 0.3 is 11.8 Å². The van der Waals surface area contributed by atoms with E-state index in [4.69, 9.17) is 11.6 Å². The highest BCUT2D eigenvalue weighted by atomic mass is 35.5. The molecule has 0 spiro atoms. The highest BCUT2D eigenvalue weighted by Crippen LogP contribution is 2.19. The molecule has 20 heavy (non-hydrogen) atoms. The van der Waals surface area contributed by atoms with Crippen LogP contribution in [-0.2, 0) is 14.4 Å². The lowest BCUT2D eigenvalue weighted by Crippen LogP contribution is -2.36. The Morgan fingerprint density at radius 1 is 1.25 bits per heavy atom. The van der Waals surface area contributed by atoms with E-state index in [1.165, 1.54) is 0 Å². The molecule has 7 heteroatoms. The number of carbonyl (C=O) groups excluding carboxylic acids is 3. The van der Waals surface area contributed by atoms with Crippen molar-refractivity contribution < 1.29 is 14.4 Å². The molecule has 0 saturated heterocycles. The number of nitrogens with one attached hydrogen (secondary N) is 3. The zero-order chi connectivity index (χ0) is 15.0. The van der Waals surface area contributed by atoms with Gasteiger partial charge in [-0.15, -0.1) is 0 Å². The number of carbonyl (C=O) groups is 3. The van der Waals surface area contributed by atoms with Crippen molar-refractivity contribution in [2.24, 2.45) is 0 Å². The van der Waals surface area contributed by atoms with Gasteiger partial charge in [0.15, 0.2) is 0 Å². The molecule has 0 saturated carbocycles. The number of halogens is 1. The van der Waals surface area contributed by atoms with Crippen molar-refractivity contribution in [3.63, 3.8) is 0 Å². The number of rotatable bonds is 6. The largest absolute Gasteiger partial charge is 0.359 e. The summed E-state index contributed by atoms with van der Waals surface area (Å²) >= 11 is 5.92. The van der Waals surface area contributed by atoms with Crippen molar-refractivity contribution in [1.82, 2.24) is 10.6 Å². The Kier molecular flexibility index (Phi) is 6.52. The number of benzene rings is 1. The normalized spacial score (nSPS) is 9.70. The predicted molar refractivity (Wildman–Crippen MR) is 76.5 cm³/mol. The minimum Gasteiger partial charge on any atom is -0.359 e. The number of anilines is 1. The smallest absolute Gasteiger partial charge is 0.313 e. The molecule has 3 amide bonds. The van der Waals surface area contributed by atoms with Gasteiger partial charge in [-0.05, 0) is 31.0 Å². The zero-order valence-electron chi connectivity index (χ0n) is 11.0. The SMILES string of the molecule is Cc1ccc(NC(=O)C(=O)NCCCNC=O)cc1Cl. The Balaban J connectivity index is 2.39. The molecule has 0 bridgehead atoms. The van der Waals surface area contributed by atoms with Gasteiger partial charge in [-0.25, -0.2) is 0 Å². The molecule has 0 radical (unpaired) electrons. The minimum absolute atomic E-state index is 0.307. The van der Waals surface area contributed by atoms with E-state index < -0.39 is 11.8 Å². The molecule has 0 aliphatic carbocycles. The number of hydrogen-bond donors (Lipinski definition) is 3. The second kappa shape index (κ2) is 8.16. The predicted octanol–water partition coefficient (Wildman–Crippen LogP) is 0.839. The third-order valence-electron chi connectivity index (χ3n) is 2.50. The van der Waals surface area contributed by atoms with Crippen LogP contribution in [0, 0.1) is 6.92 Å². The summed E-state index contributed by atoms with van der Waals surface area (Å²) in [4.78, 5) is 33.1. The molecule has 0 unspecified atom stereocenters. The molecule has 1 rings (SSSR count). The summed E-state index contributed by atoms with van der Waals surface area (Å²) in [5.74, 6) is -1.49. The summed E-state index contributed by atoms with van der Waals surface area (Å²) in [7, 11) is 0. The van der Waals surface area contributed by atoms with Crippen LogP contribution < -0.4 is 16.0 Å². The van der Waals surface area contributed by atoms with Gasteiger partial charge in [-0.2, -0.15) is 0 Å². The van der Waals surface area contributed by atoms with Crippen molar-refractivity contribution in [1.29, 1.82) is 0 Å². The molecule has 0 heterocycles. The van der Waals surface area contributed by atoms with Gasteiger partial charge in [0.2, 0.25) is 6.41 Å². The van der Waals surface area contributed by atoms with Crippen LogP contribution in [-0.4, -0.2) is 31.3 Å². The average molecular weight is 298 g/mol. The maximum atomic E-state index is 11.6. The second-order valence-corrected chi connectivity index (χ2v) is 4.51. The monoisotopic (exact) mass is 297 g/mol. The van der Waals surface area contributed by atoms with Gasteiger partial charge in [0.05, 0.1) is 0 Å². The van der Waals surface area contributed by atoms with E-state index in [0.717, 1.165) is 5.56 Å². The molecule has 0 aliphatic heterocycles. The summed E-state index contributed by atoms with van der Waals surface area (Å²) in [6.45, 7) is 2.59. The summed E-state index contributed by atoms with van der Waals surface area (Å²) < 4.78 is 0. The minimum atomic E-state index is -0.756. The van der Waals surface area contributed by atoms with Gasteiger partial charge in [-0.3, -0.25) is 14.4 Å². The van der Waals surface area contributed by atoms with E-state index in [2.05, 4.69) is 16.0 Å². The van der Waals surface area contributed by atoms with Gasteiger partial charge < -0.3 is 16.0 Å². The zero-order valence-corrected chi connectivity index (χ0v) is 11.8. The lowest BCUT2D eigenvalue weighted by molar-refractivity contribution is -0.136. The topological polar surface area (TPSA) is 87.3 Å². The lowest BCUT2D eigenvalue weighted by Gasteiger charge is -2.07. The fourth-order valence-electron chi connectivity index (χ4n) is 1.39. The molecule has 108 valence electrons. The first-order valence-electron chi connectivity index (χ1n) is 6.07. The molecule has 1 aromatic carbocycles. The highest BCUT2D eigenvalue weighted by molar-refractivity contribution is 6.39. The molecule has 6 nitrogen and oxygen atoms in total. The molecular weight excluding hydrogens is 282 g/mol. The van der Waals surface area contributed by atoms with Gasteiger partial charge in [0, 0.05) is 23.8 Å². The molecule has 0 aromatic heterocycles. The second-order valence-electron chi connectivity index (χ2n) is 4.10. The van der Waals surface area contributed by atoms with E-state index in [-0.39, 0.29) is 0 Å². The van der Waals surface area contributed by atoms with Gasteiger partial charge in [-0.1, -0.05) is 17.7 Å². The Bertz CT molecular complexity index is 506. The van der Waals surface area contributed by atoms with Crippen LogP contribution in [0.25, 0.3) is 0 Å². The first kappa shape index (κ1) is 16.0. The fourth-order valence-corrected chi connectivity index (χ4v) is 1.57. The Hall–Kier alpha value is -2.08. The maximum absolute atomic E-state index is 11.6. The summed E-state index contributed by atoms with van der Waals surface area (Å²) in [6.07, 6.45) is 1.13. The molecule has 3 N–H and O–H groups in total. The lowest BCUT2D eigenvalue weighted by atomic mass is 10.2. The Morgan fingerprint density at radius 3 is 2.65 bits per heavy atom. The molecular formula is C13H16ClN3O3. The van der Waals surface area contributed by atoms with Crippen LogP contribution in [0.4, 0.5) is 5.69 Å². The van der Waals surface area contributed by atoms with Crippen molar-refractivity contribution in [3.8, 4) is 0 Å². The van der Waals surface area contributed by atoms with Crippen molar-refractivity contribution in [2.75, 3.05) is 18.4 Å². The van der Waals surface area contributed by atoms with E-state index in [1.54, 1.807) is 18.2 Å². The Morgan fingerprint density at radius 2 is 2.00 bits per heavy atom. The van der Waals surface area contributed by atoms with Crippen molar-refractivity contribution >= 4 is 35.5 Å². The van der Waals surface area contributed by atoms with E-state index in [9.17, 15) is 14.4 Å². The highest BCUT2D eigenvalue weighted by Gasteiger charge is 2.13. The van der Waals surface area contributed by atoms with Crippen LogP contribution in [0.1, 0.15) is 12.0 Å². The summed E-state index contributed by atoms with van der Waals surface area (Å²) in [5, 5.41) is 7.87. The third kappa shape index (κ3) is 5.27. The third-order valence-corrected chi connectivity index (χ3v) is 2.91. The molecule has 0 atom stereocenters. The van der Waals surface area contributed by atoms with Crippen LogP contribution in [0.3, 0.4) is 0 Å². The first-order valence-corrected chi connectivity index (χ1v) is 6.44. The van der Waals surface area contributed by atoms with Crippen LogP contribution >= 0.6 is 11.6 Å². The molecule has 0 aliphatic rings. The first-order chi connectivity index (χ1) is 9.54. The van der Waals surface area contributed by atoms with Gasteiger partial charge in [0.25, 0.3) is 0 Å². The number of aryl methyl sites for hydroxylation is 1. The number of amides is 3. The maximum Gasteiger partial charge on any atom is 0.313 e. The Labute approximate surface area is 121 Å². The van der Waals surface area contributed by atoms with Crippen molar-refractivity contribution in [2.45, 2.75) is 13.3 Å². The van der Waals surface area contributed by atoms with Crippen LogP contribution in [0.2, 0.25) is 5.02 Å². The number of hydrogen-bond acceptors (Lipinski definition) is 3. The quantitative estimate of drug-likeness (QED) is 0.413. The van der Waals surface area contributed by atoms with E-state index in [1.807, 2.05) is 6.92 Å². The molecule has 0 fully saturated rings. The van der Waals surface area contributed by atoms with Gasteiger partial charge in [0.1, 0.15) is 0 Å². The standard InChI is InChI=1S/C13H16ClN3O3/c1-9-3-4-10(7-11(9)14)17-13(20)12(19)16-6-2-5-15-8-18/h3-4,7-8H,2,5-6H2,1H3,(H,15,18)(H,16,19)(H,17,20). The van der Waals surface area contributed by atoms with Crippen LogP contribution in [0.15, 0.2) is 18.2 Å². The van der Waals surface area contributed by atoms with E-state index >= 15 is 0 Å². The average Bonchev–Trinajstić information content (AvgIpc) is 2.42. The summed E-state index contributed by atoms with van der Waals surface area (Å²) in [5.41, 5.74) is 1.35. The summed E-state index contributed by atoms with van der Waals surface area (Å²) in [6, 6.07) is 5.00. The fraction of sp³-hybridized carbons (Fsp3) is 0.308. The van der Waals surface area contributed by atoms with Crippen LogP contribution in [0.5, 0.6) is 0 Å². The van der Waals surface area contributed by atoms with Crippen molar-refractivity contribution in [3.05, 3.63) is 28.8 Å².